The molecule has 0 aliphatic rings. The van der Waals surface area contributed by atoms with E-state index in [-0.39, 0.29) is 11.3 Å². The Morgan fingerprint density at radius 2 is 2.15 bits per heavy atom. The summed E-state index contributed by atoms with van der Waals surface area (Å²) in [7, 11) is 0. The molecule has 2 aromatic rings. The largest absolute Gasteiger partial charge is 0.478 e. The Bertz CT molecular complexity index is 672. The van der Waals surface area contributed by atoms with Gasteiger partial charge in [0.15, 0.2) is 0 Å². The summed E-state index contributed by atoms with van der Waals surface area (Å²) in [5.41, 5.74) is 1.48. The first-order valence-electron chi connectivity index (χ1n) is 6.04. The summed E-state index contributed by atoms with van der Waals surface area (Å²) in [5.74, 6) is -1.49. The predicted molar refractivity (Wildman–Crippen MR) is 74.6 cm³/mol. The van der Waals surface area contributed by atoms with Crippen LogP contribution in [0, 0.1) is 13.8 Å². The van der Waals surface area contributed by atoms with Crippen molar-refractivity contribution in [1.82, 2.24) is 5.16 Å². The van der Waals surface area contributed by atoms with Gasteiger partial charge in [-0.15, -0.1) is 11.3 Å². The third-order valence-corrected chi connectivity index (χ3v) is 3.92. The van der Waals surface area contributed by atoms with Crippen LogP contribution in [0.4, 0.5) is 5.00 Å². The van der Waals surface area contributed by atoms with E-state index in [2.05, 4.69) is 10.5 Å². The molecule has 0 fully saturated rings. The van der Waals surface area contributed by atoms with Crippen LogP contribution in [-0.4, -0.2) is 22.1 Å². The Balaban J connectivity index is 2.34. The Labute approximate surface area is 119 Å². The Morgan fingerprint density at radius 1 is 1.45 bits per heavy atom. The first-order valence-corrected chi connectivity index (χ1v) is 6.85. The average Bonchev–Trinajstić information content (AvgIpc) is 2.92. The molecular formula is C13H14N2O4S. The SMILES string of the molecule is CCc1c(C)sc(NC(=O)c2cc(C)no2)c1C(=O)O. The highest BCUT2D eigenvalue weighted by Crippen LogP contribution is 2.33. The summed E-state index contributed by atoms with van der Waals surface area (Å²) in [5, 5.41) is 15.8. The molecule has 0 unspecified atom stereocenters. The number of hydrogen-bond acceptors (Lipinski definition) is 5. The summed E-state index contributed by atoms with van der Waals surface area (Å²) in [6.45, 7) is 5.42. The maximum absolute atomic E-state index is 12.0. The van der Waals surface area contributed by atoms with Crippen molar-refractivity contribution in [2.24, 2.45) is 0 Å². The molecule has 7 heteroatoms. The molecule has 106 valence electrons. The van der Waals surface area contributed by atoms with E-state index in [9.17, 15) is 14.7 Å². The van der Waals surface area contributed by atoms with Crippen molar-refractivity contribution in [2.75, 3.05) is 5.32 Å². The number of aryl methyl sites for hydroxylation is 2. The summed E-state index contributed by atoms with van der Waals surface area (Å²) in [6, 6.07) is 1.50. The molecule has 2 heterocycles. The van der Waals surface area contributed by atoms with Crippen LogP contribution in [0.3, 0.4) is 0 Å². The smallest absolute Gasteiger partial charge is 0.339 e. The maximum Gasteiger partial charge on any atom is 0.339 e. The molecule has 2 rings (SSSR count). The highest BCUT2D eigenvalue weighted by atomic mass is 32.1. The quantitative estimate of drug-likeness (QED) is 0.904. The van der Waals surface area contributed by atoms with Crippen LogP contribution in [0.1, 0.15) is 44.0 Å². The zero-order valence-corrected chi connectivity index (χ0v) is 12.1. The van der Waals surface area contributed by atoms with Crippen LogP contribution in [0.5, 0.6) is 0 Å². The van der Waals surface area contributed by atoms with E-state index in [4.69, 9.17) is 4.52 Å². The van der Waals surface area contributed by atoms with Gasteiger partial charge in [0, 0.05) is 10.9 Å². The van der Waals surface area contributed by atoms with Gasteiger partial charge in [-0.25, -0.2) is 4.79 Å². The van der Waals surface area contributed by atoms with E-state index >= 15 is 0 Å². The van der Waals surface area contributed by atoms with E-state index in [1.165, 1.54) is 17.4 Å². The topological polar surface area (TPSA) is 92.4 Å². The number of carboxylic acid groups (broad SMARTS) is 1. The van der Waals surface area contributed by atoms with Gasteiger partial charge in [-0.1, -0.05) is 12.1 Å². The number of carboxylic acids is 1. The van der Waals surface area contributed by atoms with Crippen LogP contribution in [-0.2, 0) is 6.42 Å². The van der Waals surface area contributed by atoms with E-state index in [1.54, 1.807) is 6.92 Å². The first kappa shape index (κ1) is 14.3. The minimum Gasteiger partial charge on any atom is -0.478 e. The lowest BCUT2D eigenvalue weighted by Crippen LogP contribution is -2.13. The van der Waals surface area contributed by atoms with Gasteiger partial charge in [0.2, 0.25) is 5.76 Å². The zero-order valence-electron chi connectivity index (χ0n) is 11.3. The number of carbonyl (C=O) groups is 2. The van der Waals surface area contributed by atoms with E-state index in [0.29, 0.717) is 17.1 Å². The van der Waals surface area contributed by atoms with E-state index in [0.717, 1.165) is 10.4 Å². The first-order chi connectivity index (χ1) is 9.43. The molecule has 0 aromatic carbocycles. The number of nitrogens with one attached hydrogen (secondary N) is 1. The van der Waals surface area contributed by atoms with Crippen molar-refractivity contribution in [3.8, 4) is 0 Å². The third-order valence-electron chi connectivity index (χ3n) is 2.86. The highest BCUT2D eigenvalue weighted by Gasteiger charge is 2.23. The number of amides is 1. The molecule has 0 saturated carbocycles. The molecule has 0 saturated heterocycles. The molecule has 0 aliphatic carbocycles. The fourth-order valence-corrected chi connectivity index (χ4v) is 3.09. The van der Waals surface area contributed by atoms with Crippen molar-refractivity contribution in [3.63, 3.8) is 0 Å². The molecular weight excluding hydrogens is 280 g/mol. The van der Waals surface area contributed by atoms with Crippen molar-refractivity contribution in [1.29, 1.82) is 0 Å². The summed E-state index contributed by atoms with van der Waals surface area (Å²) in [4.78, 5) is 24.2. The number of carbonyl (C=O) groups excluding carboxylic acids is 1. The zero-order chi connectivity index (χ0) is 14.9. The predicted octanol–water partition coefficient (Wildman–Crippen LogP) is 2.87. The van der Waals surface area contributed by atoms with Gasteiger partial charge < -0.3 is 14.9 Å². The van der Waals surface area contributed by atoms with Gasteiger partial charge in [0.1, 0.15) is 5.00 Å². The van der Waals surface area contributed by atoms with Crippen LogP contribution in [0.25, 0.3) is 0 Å². The number of aromatic carboxylic acids is 1. The van der Waals surface area contributed by atoms with Crippen molar-refractivity contribution >= 4 is 28.2 Å². The number of anilines is 1. The number of rotatable bonds is 4. The monoisotopic (exact) mass is 294 g/mol. The van der Waals surface area contributed by atoms with Crippen molar-refractivity contribution in [3.05, 3.63) is 33.5 Å². The molecule has 2 aromatic heterocycles. The fourth-order valence-electron chi connectivity index (χ4n) is 1.95. The highest BCUT2D eigenvalue weighted by molar-refractivity contribution is 7.16. The molecule has 6 nitrogen and oxygen atoms in total. The minimum absolute atomic E-state index is 0.0583. The van der Waals surface area contributed by atoms with Gasteiger partial charge in [-0.3, -0.25) is 4.79 Å². The van der Waals surface area contributed by atoms with Gasteiger partial charge in [0.25, 0.3) is 5.91 Å². The Hall–Kier alpha value is -2.15. The van der Waals surface area contributed by atoms with Gasteiger partial charge in [0.05, 0.1) is 11.3 Å². The van der Waals surface area contributed by atoms with Crippen LogP contribution in [0.2, 0.25) is 0 Å². The van der Waals surface area contributed by atoms with Crippen LogP contribution < -0.4 is 5.32 Å². The van der Waals surface area contributed by atoms with Gasteiger partial charge in [-0.2, -0.15) is 0 Å². The van der Waals surface area contributed by atoms with Gasteiger partial charge >= 0.3 is 5.97 Å². The molecule has 0 radical (unpaired) electrons. The molecule has 0 atom stereocenters. The van der Waals surface area contributed by atoms with E-state index in [1.807, 2.05) is 13.8 Å². The molecule has 1 amide bonds. The molecule has 0 spiro atoms. The number of hydrogen-bond donors (Lipinski definition) is 2. The lowest BCUT2D eigenvalue weighted by atomic mass is 10.1. The lowest BCUT2D eigenvalue weighted by Gasteiger charge is -2.02. The van der Waals surface area contributed by atoms with Crippen molar-refractivity contribution in [2.45, 2.75) is 27.2 Å². The number of nitrogens with zero attached hydrogens (tertiary/aromatic N) is 1. The summed E-state index contributed by atoms with van der Waals surface area (Å²) >= 11 is 1.25. The second kappa shape index (κ2) is 5.46. The maximum atomic E-state index is 12.0. The third kappa shape index (κ3) is 2.57. The normalized spacial score (nSPS) is 10.6. The lowest BCUT2D eigenvalue weighted by molar-refractivity contribution is 0.0697. The average molecular weight is 294 g/mol. The molecule has 20 heavy (non-hydrogen) atoms. The molecule has 2 N–H and O–H groups in total. The number of aromatic nitrogens is 1. The van der Waals surface area contributed by atoms with Crippen LogP contribution in [0.15, 0.2) is 10.6 Å². The minimum atomic E-state index is -1.05. The fraction of sp³-hybridized carbons (Fsp3) is 0.308. The molecule has 0 bridgehead atoms. The summed E-state index contributed by atoms with van der Waals surface area (Å²) < 4.78 is 4.86. The van der Waals surface area contributed by atoms with Gasteiger partial charge in [-0.05, 0) is 25.8 Å². The van der Waals surface area contributed by atoms with Crippen molar-refractivity contribution < 1.29 is 19.2 Å². The number of thiophene rings is 1. The Morgan fingerprint density at radius 3 is 2.65 bits per heavy atom. The second-order valence-corrected chi connectivity index (χ2v) is 5.51. The Kier molecular flexibility index (Phi) is 3.89. The standard InChI is InChI=1S/C13H14N2O4S/c1-4-8-7(3)20-12(10(8)13(17)18)14-11(16)9-5-6(2)15-19-9/h5H,4H2,1-3H3,(H,14,16)(H,17,18). The summed E-state index contributed by atoms with van der Waals surface area (Å²) in [6.07, 6.45) is 0.598. The van der Waals surface area contributed by atoms with E-state index < -0.39 is 11.9 Å². The molecule has 0 aliphatic heterocycles. The van der Waals surface area contributed by atoms with Crippen LogP contribution >= 0.6 is 11.3 Å². The second-order valence-electron chi connectivity index (χ2n) is 4.29.